The Morgan fingerprint density at radius 1 is 1.14 bits per heavy atom. The molecule has 28 heavy (non-hydrogen) atoms. The summed E-state index contributed by atoms with van der Waals surface area (Å²) in [5.41, 5.74) is 2.78. The molecule has 1 aliphatic rings. The highest BCUT2D eigenvalue weighted by atomic mass is 127. The van der Waals surface area contributed by atoms with Gasteiger partial charge in [0.15, 0.2) is 5.96 Å². The number of benzene rings is 1. The predicted molar refractivity (Wildman–Crippen MR) is 132 cm³/mol. The maximum absolute atomic E-state index is 4.40. The van der Waals surface area contributed by atoms with E-state index in [0.29, 0.717) is 0 Å². The van der Waals surface area contributed by atoms with Gasteiger partial charge < -0.3 is 15.5 Å². The summed E-state index contributed by atoms with van der Waals surface area (Å²) >= 11 is 0. The molecule has 2 rings (SSSR count). The van der Waals surface area contributed by atoms with Gasteiger partial charge in [-0.05, 0) is 64.5 Å². The fourth-order valence-electron chi connectivity index (χ4n) is 3.58. The van der Waals surface area contributed by atoms with Gasteiger partial charge in [0.25, 0.3) is 0 Å². The first-order valence-electron chi connectivity index (χ1n) is 10.4. The number of nitrogens with zero attached hydrogens (tertiary/aromatic N) is 3. The van der Waals surface area contributed by atoms with Crippen LogP contribution in [-0.2, 0) is 13.1 Å². The van der Waals surface area contributed by atoms with Gasteiger partial charge >= 0.3 is 0 Å². The quantitative estimate of drug-likeness (QED) is 0.324. The van der Waals surface area contributed by atoms with E-state index in [9.17, 15) is 0 Å². The van der Waals surface area contributed by atoms with Crippen molar-refractivity contribution in [2.45, 2.75) is 58.7 Å². The Hall–Kier alpha value is -0.860. The van der Waals surface area contributed by atoms with E-state index in [0.717, 1.165) is 32.1 Å². The molecule has 0 spiro atoms. The smallest absolute Gasteiger partial charge is 0.191 e. The van der Waals surface area contributed by atoms with E-state index < -0.39 is 0 Å². The Kier molecular flexibility index (Phi) is 11.4. The third kappa shape index (κ3) is 8.25. The topological polar surface area (TPSA) is 42.9 Å². The minimum absolute atomic E-state index is 0. The first-order chi connectivity index (χ1) is 12.9. The number of nitrogens with one attached hydrogen (secondary N) is 2. The van der Waals surface area contributed by atoms with Gasteiger partial charge in [-0.15, -0.1) is 24.0 Å². The SMILES string of the molecule is CCN(C)Cc1cccc(CNC(=NC)NCC(C)(C)N2CCCCC2)c1.I. The van der Waals surface area contributed by atoms with Crippen LogP contribution >= 0.6 is 24.0 Å². The first kappa shape index (κ1) is 25.2. The molecule has 1 aliphatic heterocycles. The zero-order chi connectivity index (χ0) is 19.7. The normalized spacial score (nSPS) is 16.0. The van der Waals surface area contributed by atoms with E-state index in [-0.39, 0.29) is 29.5 Å². The molecular formula is C22H40IN5. The van der Waals surface area contributed by atoms with Crippen LogP contribution in [-0.4, -0.2) is 61.6 Å². The van der Waals surface area contributed by atoms with Crippen LogP contribution in [0.1, 0.15) is 51.2 Å². The molecule has 0 amide bonds. The second kappa shape index (κ2) is 12.6. The summed E-state index contributed by atoms with van der Waals surface area (Å²) in [6.07, 6.45) is 4.01. The minimum Gasteiger partial charge on any atom is -0.355 e. The van der Waals surface area contributed by atoms with E-state index in [2.05, 4.69) is 77.5 Å². The Morgan fingerprint density at radius 3 is 2.46 bits per heavy atom. The average Bonchev–Trinajstić information content (AvgIpc) is 2.69. The second-order valence-electron chi connectivity index (χ2n) is 8.29. The molecule has 1 aromatic rings. The van der Waals surface area contributed by atoms with Gasteiger partial charge in [-0.25, -0.2) is 0 Å². The van der Waals surface area contributed by atoms with Crippen molar-refractivity contribution < 1.29 is 0 Å². The van der Waals surface area contributed by atoms with Crippen molar-refractivity contribution in [3.63, 3.8) is 0 Å². The molecule has 0 atom stereocenters. The van der Waals surface area contributed by atoms with Crippen LogP contribution < -0.4 is 10.6 Å². The fraction of sp³-hybridized carbons (Fsp3) is 0.682. The first-order valence-corrected chi connectivity index (χ1v) is 10.4. The van der Waals surface area contributed by atoms with Crippen LogP contribution in [0, 0.1) is 0 Å². The number of halogens is 1. The summed E-state index contributed by atoms with van der Waals surface area (Å²) < 4.78 is 0. The fourth-order valence-corrected chi connectivity index (χ4v) is 3.58. The summed E-state index contributed by atoms with van der Waals surface area (Å²) in [5.74, 6) is 0.871. The molecule has 0 aliphatic carbocycles. The van der Waals surface area contributed by atoms with E-state index in [4.69, 9.17) is 0 Å². The van der Waals surface area contributed by atoms with Crippen molar-refractivity contribution in [1.82, 2.24) is 20.4 Å². The van der Waals surface area contributed by atoms with Crippen molar-refractivity contribution in [3.05, 3.63) is 35.4 Å². The molecule has 0 radical (unpaired) electrons. The van der Waals surface area contributed by atoms with Gasteiger partial charge in [0.05, 0.1) is 0 Å². The maximum atomic E-state index is 4.40. The highest BCUT2D eigenvalue weighted by molar-refractivity contribution is 14.0. The molecule has 1 aromatic carbocycles. The molecule has 1 saturated heterocycles. The second-order valence-corrected chi connectivity index (χ2v) is 8.29. The van der Waals surface area contributed by atoms with E-state index in [1.54, 1.807) is 0 Å². The van der Waals surface area contributed by atoms with E-state index in [1.807, 2.05) is 7.05 Å². The number of hydrogen-bond donors (Lipinski definition) is 2. The number of hydrogen-bond acceptors (Lipinski definition) is 3. The van der Waals surface area contributed by atoms with Gasteiger partial charge in [-0.3, -0.25) is 9.89 Å². The number of piperidine rings is 1. The minimum atomic E-state index is 0. The third-order valence-electron chi connectivity index (χ3n) is 5.57. The summed E-state index contributed by atoms with van der Waals surface area (Å²) in [6, 6.07) is 8.80. The Labute approximate surface area is 189 Å². The number of rotatable bonds is 8. The van der Waals surface area contributed by atoms with Crippen LogP contribution in [0.2, 0.25) is 0 Å². The maximum Gasteiger partial charge on any atom is 0.191 e. The van der Waals surface area contributed by atoms with Gasteiger partial charge in [-0.1, -0.05) is 37.6 Å². The molecule has 6 heteroatoms. The average molecular weight is 502 g/mol. The van der Waals surface area contributed by atoms with Crippen molar-refractivity contribution in [2.24, 2.45) is 4.99 Å². The zero-order valence-electron chi connectivity index (χ0n) is 18.4. The molecule has 1 fully saturated rings. The molecule has 160 valence electrons. The lowest BCUT2D eigenvalue weighted by atomic mass is 9.98. The molecule has 0 unspecified atom stereocenters. The molecule has 0 bridgehead atoms. The summed E-state index contributed by atoms with van der Waals surface area (Å²) in [6.45, 7) is 13.0. The predicted octanol–water partition coefficient (Wildman–Crippen LogP) is 3.69. The van der Waals surface area contributed by atoms with Crippen LogP contribution in [0.4, 0.5) is 0 Å². The van der Waals surface area contributed by atoms with Gasteiger partial charge in [0, 0.05) is 32.2 Å². The van der Waals surface area contributed by atoms with Crippen LogP contribution in [0.5, 0.6) is 0 Å². The zero-order valence-corrected chi connectivity index (χ0v) is 20.8. The van der Waals surface area contributed by atoms with Crippen LogP contribution in [0.25, 0.3) is 0 Å². The highest BCUT2D eigenvalue weighted by Gasteiger charge is 2.27. The summed E-state index contributed by atoms with van der Waals surface area (Å²) in [5, 5.41) is 6.98. The van der Waals surface area contributed by atoms with Crippen LogP contribution in [0.3, 0.4) is 0 Å². The van der Waals surface area contributed by atoms with E-state index >= 15 is 0 Å². The van der Waals surface area contributed by atoms with Gasteiger partial charge in [0.1, 0.15) is 0 Å². The molecule has 0 saturated carbocycles. The number of aliphatic imine (C=N–C) groups is 1. The largest absolute Gasteiger partial charge is 0.355 e. The Morgan fingerprint density at radius 2 is 1.82 bits per heavy atom. The standard InChI is InChI=1S/C22H39N5.HI/c1-6-26(5)17-20-12-10-11-19(15-20)16-24-21(23-4)25-18-22(2,3)27-13-8-7-9-14-27;/h10-12,15H,6-9,13-14,16-18H2,1-5H3,(H2,23,24,25);1H. The van der Waals surface area contributed by atoms with Gasteiger partial charge in [0.2, 0.25) is 0 Å². The number of likely N-dealkylation sites (tertiary alicyclic amines) is 1. The lowest BCUT2D eigenvalue weighted by Crippen LogP contribution is -2.54. The van der Waals surface area contributed by atoms with Crippen molar-refractivity contribution >= 4 is 29.9 Å². The Bertz CT molecular complexity index is 596. The highest BCUT2D eigenvalue weighted by Crippen LogP contribution is 2.19. The van der Waals surface area contributed by atoms with Crippen molar-refractivity contribution in [2.75, 3.05) is 40.3 Å². The third-order valence-corrected chi connectivity index (χ3v) is 5.57. The molecule has 2 N–H and O–H groups in total. The number of guanidine groups is 1. The molecule has 1 heterocycles. The lowest BCUT2D eigenvalue weighted by molar-refractivity contribution is 0.0982. The Balaban J connectivity index is 0.00000392. The summed E-state index contributed by atoms with van der Waals surface area (Å²) in [7, 11) is 4.00. The monoisotopic (exact) mass is 501 g/mol. The van der Waals surface area contributed by atoms with Crippen LogP contribution in [0.15, 0.2) is 29.3 Å². The van der Waals surface area contributed by atoms with Gasteiger partial charge in [-0.2, -0.15) is 0 Å². The molecule has 5 nitrogen and oxygen atoms in total. The molecular weight excluding hydrogens is 461 g/mol. The van der Waals surface area contributed by atoms with Crippen molar-refractivity contribution in [1.29, 1.82) is 0 Å². The lowest BCUT2D eigenvalue weighted by Gasteiger charge is -2.41. The van der Waals surface area contributed by atoms with E-state index in [1.165, 1.54) is 43.5 Å². The van der Waals surface area contributed by atoms with Crippen molar-refractivity contribution in [3.8, 4) is 0 Å². The molecule has 0 aromatic heterocycles. The summed E-state index contributed by atoms with van der Waals surface area (Å²) in [4.78, 5) is 9.32.